The minimum absolute atomic E-state index is 0.00223. The lowest BCUT2D eigenvalue weighted by Gasteiger charge is -2.41. The van der Waals surface area contributed by atoms with Crippen LogP contribution in [0.4, 0.5) is 10.1 Å². The first-order valence-corrected chi connectivity index (χ1v) is 17.9. The van der Waals surface area contributed by atoms with Crippen molar-refractivity contribution in [3.05, 3.63) is 98.6 Å². The van der Waals surface area contributed by atoms with E-state index in [1.54, 1.807) is 11.4 Å². The van der Waals surface area contributed by atoms with Crippen LogP contribution in [0.25, 0.3) is 21.8 Å². The van der Waals surface area contributed by atoms with Crippen LogP contribution < -0.4 is 10.0 Å². The molecule has 2 fully saturated rings. The van der Waals surface area contributed by atoms with Crippen LogP contribution in [-0.4, -0.2) is 42.1 Å². The molecule has 7 rings (SSSR count). The van der Waals surface area contributed by atoms with Crippen molar-refractivity contribution in [3.63, 3.8) is 0 Å². The van der Waals surface area contributed by atoms with Crippen molar-refractivity contribution in [2.45, 2.75) is 43.5 Å². The van der Waals surface area contributed by atoms with E-state index in [9.17, 15) is 22.7 Å². The summed E-state index contributed by atoms with van der Waals surface area (Å²) >= 11 is 3.14. The Labute approximate surface area is 268 Å². The minimum atomic E-state index is -4.20. The van der Waals surface area contributed by atoms with E-state index in [4.69, 9.17) is 5.14 Å². The Balaban J connectivity index is 1.30. The van der Waals surface area contributed by atoms with Crippen LogP contribution in [0.5, 0.6) is 0 Å². The maximum Gasteiger partial charge on any atom is 0.355 e. The number of aromatic carboxylic acids is 1. The van der Waals surface area contributed by atoms with Gasteiger partial charge in [0.1, 0.15) is 15.7 Å². The molecule has 12 heteroatoms. The number of thiophene rings is 1. The third-order valence-corrected chi connectivity index (χ3v) is 11.5. The molecule has 1 aliphatic carbocycles. The van der Waals surface area contributed by atoms with Crippen LogP contribution in [0.3, 0.4) is 0 Å². The predicted molar refractivity (Wildman–Crippen MR) is 175 cm³/mol. The molecule has 0 atom stereocenters. The molecule has 4 heterocycles. The number of halogens is 1. The molecule has 0 bridgehead atoms. The first-order chi connectivity index (χ1) is 21.5. The fraction of sp³-hybridized carbons (Fsp3) is 0.273. The zero-order valence-electron chi connectivity index (χ0n) is 24.4. The van der Waals surface area contributed by atoms with E-state index in [0.717, 1.165) is 60.6 Å². The summed E-state index contributed by atoms with van der Waals surface area (Å²) in [5.41, 5.74) is 5.42. The van der Waals surface area contributed by atoms with Gasteiger partial charge in [-0.3, -0.25) is 0 Å². The van der Waals surface area contributed by atoms with E-state index in [2.05, 4.69) is 57.8 Å². The quantitative estimate of drug-likeness (QED) is 0.171. The van der Waals surface area contributed by atoms with Crippen LogP contribution in [0.15, 0.2) is 70.9 Å². The number of hydrogen-bond acceptors (Lipinski definition) is 7. The Morgan fingerprint density at radius 1 is 1.11 bits per heavy atom. The summed E-state index contributed by atoms with van der Waals surface area (Å²) in [7, 11) is -4.20. The second-order valence-corrected chi connectivity index (χ2v) is 15.6. The van der Waals surface area contributed by atoms with Gasteiger partial charge in [0.15, 0.2) is 5.69 Å². The molecule has 3 N–H and O–H groups in total. The molecule has 232 valence electrons. The Bertz CT molecular complexity index is 2040. The van der Waals surface area contributed by atoms with E-state index >= 15 is 0 Å². The average Bonchev–Trinajstić information content (AvgIpc) is 3.31. The molecular formula is C33H31FN4O4S3. The summed E-state index contributed by atoms with van der Waals surface area (Å²) in [4.78, 5) is 20.7. The van der Waals surface area contributed by atoms with Crippen LogP contribution in [0.1, 0.15) is 50.3 Å². The number of sulfonamides is 1. The van der Waals surface area contributed by atoms with E-state index < -0.39 is 26.7 Å². The van der Waals surface area contributed by atoms with Crippen LogP contribution in [0, 0.1) is 18.7 Å². The summed E-state index contributed by atoms with van der Waals surface area (Å²) < 4.78 is 40.8. The second-order valence-electron chi connectivity index (χ2n) is 11.9. The van der Waals surface area contributed by atoms with Crippen molar-refractivity contribution in [1.82, 2.24) is 9.55 Å². The first kappa shape index (κ1) is 29.8. The van der Waals surface area contributed by atoms with Crippen molar-refractivity contribution in [2.24, 2.45) is 11.1 Å². The van der Waals surface area contributed by atoms with Gasteiger partial charge in [-0.2, -0.15) is 0 Å². The van der Waals surface area contributed by atoms with E-state index in [0.29, 0.717) is 22.4 Å². The molecule has 8 nitrogen and oxygen atoms in total. The molecule has 1 saturated carbocycles. The predicted octanol–water partition coefficient (Wildman–Crippen LogP) is 6.74. The highest BCUT2D eigenvalue weighted by molar-refractivity contribution is 7.89. The normalized spacial score (nSPS) is 15.4. The van der Waals surface area contributed by atoms with Gasteiger partial charge in [-0.1, -0.05) is 18.2 Å². The molecule has 1 aliphatic heterocycles. The molecule has 3 aromatic heterocycles. The zero-order chi connectivity index (χ0) is 31.5. The van der Waals surface area contributed by atoms with Crippen molar-refractivity contribution in [3.8, 4) is 21.8 Å². The summed E-state index contributed by atoms with van der Waals surface area (Å²) in [5.74, 6) is -0.967. The molecule has 5 aromatic rings. The summed E-state index contributed by atoms with van der Waals surface area (Å²) in [6, 6.07) is 18.8. The molecule has 0 amide bonds. The third kappa shape index (κ3) is 6.07. The largest absolute Gasteiger partial charge is 0.476 e. The molecule has 45 heavy (non-hydrogen) atoms. The number of carbonyl (C=O) groups is 1. The van der Waals surface area contributed by atoms with Crippen molar-refractivity contribution >= 4 is 44.4 Å². The highest BCUT2D eigenvalue weighted by Crippen LogP contribution is 2.42. The number of hydrogen-bond donors (Lipinski definition) is 2. The highest BCUT2D eigenvalue weighted by Gasteiger charge is 2.31. The van der Waals surface area contributed by atoms with Gasteiger partial charge in [0.2, 0.25) is 10.0 Å². The fourth-order valence-corrected chi connectivity index (χ4v) is 8.34. The number of nitrogens with two attached hydrogens (primary N) is 1. The smallest absolute Gasteiger partial charge is 0.355 e. The average molecular weight is 663 g/mol. The number of carboxylic acid groups (broad SMARTS) is 1. The third-order valence-electron chi connectivity index (χ3n) is 8.54. The summed E-state index contributed by atoms with van der Waals surface area (Å²) in [5, 5.41) is 16.9. The molecule has 2 aromatic carbocycles. The van der Waals surface area contributed by atoms with Crippen molar-refractivity contribution in [2.75, 3.05) is 18.0 Å². The fourth-order valence-electron chi connectivity index (χ4n) is 5.97. The lowest BCUT2D eigenvalue weighted by atomic mass is 9.97. The van der Waals surface area contributed by atoms with Crippen molar-refractivity contribution < 1.29 is 22.7 Å². The molecule has 0 spiro atoms. The van der Waals surface area contributed by atoms with Gasteiger partial charge in [-0.05, 0) is 80.1 Å². The Morgan fingerprint density at radius 2 is 1.91 bits per heavy atom. The number of anilines is 1. The van der Waals surface area contributed by atoms with Gasteiger partial charge in [0, 0.05) is 68.9 Å². The van der Waals surface area contributed by atoms with Gasteiger partial charge in [-0.25, -0.2) is 27.7 Å². The topological polar surface area (TPSA) is 119 Å². The van der Waals surface area contributed by atoms with Crippen LogP contribution >= 0.6 is 22.7 Å². The number of primary sulfonamides is 1. The second kappa shape index (κ2) is 11.5. The highest BCUT2D eigenvalue weighted by atomic mass is 32.2. The summed E-state index contributed by atoms with van der Waals surface area (Å²) in [6.45, 7) is 4.29. The molecule has 1 saturated heterocycles. The van der Waals surface area contributed by atoms with Gasteiger partial charge >= 0.3 is 5.97 Å². The summed E-state index contributed by atoms with van der Waals surface area (Å²) in [6.07, 6.45) is 2.97. The lowest BCUT2D eigenvalue weighted by molar-refractivity contribution is 0.0691. The molecule has 0 radical (unpaired) electrons. The maximum atomic E-state index is 14.9. The standard InChI is InChI=1S/C33H31FN4O4S3/c1-19-5-9-30(44-19)23-16-37(17-23)24-4-2-3-22(13-24)28-14-25(32-36-27(18-43-32)33(39)40)29(12-20-6-7-20)38(28)15-21-8-10-31(26(34)11-21)45(35,41)42/h2-5,8-11,13-14,18,20,23H,6-7,12,15-17H2,1H3,(H,39,40)(H2,35,41,42). The van der Waals surface area contributed by atoms with Crippen molar-refractivity contribution in [1.29, 1.82) is 0 Å². The Kier molecular flexibility index (Phi) is 7.63. The zero-order valence-corrected chi connectivity index (χ0v) is 26.9. The number of benzene rings is 2. The van der Waals surface area contributed by atoms with Crippen LogP contribution in [0.2, 0.25) is 0 Å². The number of aromatic nitrogens is 2. The lowest BCUT2D eigenvalue weighted by Crippen LogP contribution is -2.44. The molecular weight excluding hydrogens is 632 g/mol. The minimum Gasteiger partial charge on any atom is -0.476 e. The van der Waals surface area contributed by atoms with E-state index in [-0.39, 0.29) is 12.2 Å². The number of carboxylic acids is 1. The monoisotopic (exact) mass is 662 g/mol. The first-order valence-electron chi connectivity index (χ1n) is 14.7. The van der Waals surface area contributed by atoms with Crippen LogP contribution in [-0.2, 0) is 23.0 Å². The van der Waals surface area contributed by atoms with E-state index in [1.807, 2.05) is 17.4 Å². The number of aryl methyl sites for hydroxylation is 1. The number of rotatable bonds is 10. The number of nitrogens with zero attached hydrogens (tertiary/aromatic N) is 3. The van der Waals surface area contributed by atoms with Gasteiger partial charge in [-0.15, -0.1) is 22.7 Å². The number of thiazole rings is 1. The maximum absolute atomic E-state index is 14.9. The Morgan fingerprint density at radius 3 is 2.56 bits per heavy atom. The van der Waals surface area contributed by atoms with Gasteiger partial charge in [0.05, 0.1) is 0 Å². The Hall–Kier alpha value is -3.84. The molecule has 0 unspecified atom stereocenters. The van der Waals surface area contributed by atoms with E-state index in [1.165, 1.54) is 33.2 Å². The SMILES string of the molecule is Cc1ccc(C2CN(c3cccc(-c4cc(-c5nc(C(=O)O)cs5)c(CC5CC5)n4Cc4ccc(S(N)(=O)=O)c(F)c4)c3)C2)s1. The van der Waals surface area contributed by atoms with Gasteiger partial charge in [0.25, 0.3) is 0 Å². The molecule has 2 aliphatic rings. The van der Waals surface area contributed by atoms with Gasteiger partial charge < -0.3 is 14.6 Å².